The average Bonchev–Trinajstić information content (AvgIpc) is 2.34. The molecule has 2 rings (SSSR count). The Morgan fingerprint density at radius 2 is 2.00 bits per heavy atom. The first-order valence-electron chi connectivity index (χ1n) is 5.20. The van der Waals surface area contributed by atoms with Crippen LogP contribution in [0.3, 0.4) is 0 Å². The van der Waals surface area contributed by atoms with Gasteiger partial charge in [0.1, 0.15) is 23.5 Å². The van der Waals surface area contributed by atoms with E-state index in [0.29, 0.717) is 5.69 Å². The minimum Gasteiger partial charge on any atom is -0.337 e. The minimum absolute atomic E-state index is 0.0513. The number of halogens is 2. The number of anilines is 2. The first-order valence-corrected chi connectivity index (χ1v) is 5.20. The maximum atomic E-state index is 13.5. The molecule has 0 bridgehead atoms. The number of nitriles is 1. The van der Waals surface area contributed by atoms with Crippen molar-refractivity contribution in [1.82, 2.24) is 4.98 Å². The number of rotatable bonds is 2. The van der Waals surface area contributed by atoms with Gasteiger partial charge in [0, 0.05) is 11.8 Å². The second-order valence-electron chi connectivity index (χ2n) is 3.71. The summed E-state index contributed by atoms with van der Waals surface area (Å²) >= 11 is 0. The molecule has 0 amide bonds. The van der Waals surface area contributed by atoms with Crippen molar-refractivity contribution in [3.8, 4) is 6.07 Å². The van der Waals surface area contributed by atoms with E-state index in [1.807, 2.05) is 6.07 Å². The van der Waals surface area contributed by atoms with Gasteiger partial charge in [-0.2, -0.15) is 5.26 Å². The summed E-state index contributed by atoms with van der Waals surface area (Å²) in [6.07, 6.45) is 0. The van der Waals surface area contributed by atoms with Gasteiger partial charge >= 0.3 is 0 Å². The van der Waals surface area contributed by atoms with Gasteiger partial charge < -0.3 is 5.32 Å². The highest BCUT2D eigenvalue weighted by Gasteiger charge is 2.08. The Bertz CT molecular complexity index is 633. The zero-order chi connectivity index (χ0) is 13.1. The third-order valence-corrected chi connectivity index (χ3v) is 2.34. The van der Waals surface area contributed by atoms with Crippen LogP contribution in [0.4, 0.5) is 20.3 Å². The number of benzene rings is 1. The highest BCUT2D eigenvalue weighted by molar-refractivity contribution is 5.63. The van der Waals surface area contributed by atoms with Gasteiger partial charge in [0.15, 0.2) is 0 Å². The Balaban J connectivity index is 2.43. The van der Waals surface area contributed by atoms with Crippen molar-refractivity contribution in [1.29, 1.82) is 5.26 Å². The topological polar surface area (TPSA) is 48.7 Å². The van der Waals surface area contributed by atoms with Gasteiger partial charge in [-0.25, -0.2) is 13.8 Å². The van der Waals surface area contributed by atoms with Crippen molar-refractivity contribution in [3.05, 3.63) is 53.2 Å². The van der Waals surface area contributed by atoms with Crippen LogP contribution < -0.4 is 5.32 Å². The Morgan fingerprint density at radius 1 is 1.22 bits per heavy atom. The second kappa shape index (κ2) is 4.80. The fourth-order valence-corrected chi connectivity index (χ4v) is 1.46. The Labute approximate surface area is 103 Å². The predicted molar refractivity (Wildman–Crippen MR) is 63.3 cm³/mol. The first kappa shape index (κ1) is 12.0. The van der Waals surface area contributed by atoms with Gasteiger partial charge in [0.05, 0.1) is 11.3 Å². The zero-order valence-electron chi connectivity index (χ0n) is 9.54. The van der Waals surface area contributed by atoms with Crippen LogP contribution in [-0.2, 0) is 0 Å². The first-order chi connectivity index (χ1) is 8.60. The number of pyridine rings is 1. The number of aryl methyl sites for hydroxylation is 1. The van der Waals surface area contributed by atoms with Crippen LogP contribution in [0, 0.1) is 29.9 Å². The average molecular weight is 245 g/mol. The fraction of sp³-hybridized carbons (Fsp3) is 0.0769. The molecule has 5 heteroatoms. The molecule has 0 unspecified atom stereocenters. The summed E-state index contributed by atoms with van der Waals surface area (Å²) in [5.41, 5.74) is 0.891. The molecule has 2 aromatic rings. The van der Waals surface area contributed by atoms with E-state index in [1.54, 1.807) is 19.1 Å². The van der Waals surface area contributed by atoms with Gasteiger partial charge in [0.2, 0.25) is 0 Å². The van der Waals surface area contributed by atoms with Gasteiger partial charge in [-0.1, -0.05) is 0 Å². The van der Waals surface area contributed by atoms with Crippen molar-refractivity contribution < 1.29 is 8.78 Å². The Kier molecular flexibility index (Phi) is 3.20. The van der Waals surface area contributed by atoms with Crippen molar-refractivity contribution in [2.45, 2.75) is 6.92 Å². The van der Waals surface area contributed by atoms with Crippen LogP contribution in [0.15, 0.2) is 30.3 Å². The molecule has 18 heavy (non-hydrogen) atoms. The van der Waals surface area contributed by atoms with E-state index in [0.717, 1.165) is 18.2 Å². The normalized spacial score (nSPS) is 9.89. The van der Waals surface area contributed by atoms with Crippen LogP contribution in [0.25, 0.3) is 0 Å². The summed E-state index contributed by atoms with van der Waals surface area (Å²) in [7, 11) is 0. The maximum absolute atomic E-state index is 13.5. The van der Waals surface area contributed by atoms with E-state index in [4.69, 9.17) is 5.26 Å². The SMILES string of the molecule is Cc1ccc(C#N)c(Nc2cc(F)ccc2F)n1. The smallest absolute Gasteiger partial charge is 0.148 e. The predicted octanol–water partition coefficient (Wildman–Crippen LogP) is 3.28. The molecule has 0 aliphatic carbocycles. The second-order valence-corrected chi connectivity index (χ2v) is 3.71. The van der Waals surface area contributed by atoms with Crippen molar-refractivity contribution in [2.24, 2.45) is 0 Å². The molecule has 90 valence electrons. The van der Waals surface area contributed by atoms with Crippen LogP contribution in [-0.4, -0.2) is 4.98 Å². The third-order valence-electron chi connectivity index (χ3n) is 2.34. The number of hydrogen-bond acceptors (Lipinski definition) is 3. The molecule has 1 heterocycles. The minimum atomic E-state index is -0.608. The molecule has 3 nitrogen and oxygen atoms in total. The molecule has 1 aromatic heterocycles. The fourth-order valence-electron chi connectivity index (χ4n) is 1.46. The molecule has 1 N–H and O–H groups in total. The molecule has 1 aromatic carbocycles. The highest BCUT2D eigenvalue weighted by atomic mass is 19.1. The molecule has 0 saturated carbocycles. The van der Waals surface area contributed by atoms with Crippen LogP contribution >= 0.6 is 0 Å². The lowest BCUT2D eigenvalue weighted by Gasteiger charge is -2.09. The largest absolute Gasteiger partial charge is 0.337 e. The summed E-state index contributed by atoms with van der Waals surface area (Å²) in [5, 5.41) is 11.5. The van der Waals surface area contributed by atoms with E-state index >= 15 is 0 Å². The zero-order valence-corrected chi connectivity index (χ0v) is 9.54. The van der Waals surface area contributed by atoms with Gasteiger partial charge in [-0.15, -0.1) is 0 Å². The molecule has 0 atom stereocenters. The Morgan fingerprint density at radius 3 is 2.72 bits per heavy atom. The lowest BCUT2D eigenvalue weighted by atomic mass is 10.2. The monoisotopic (exact) mass is 245 g/mol. The summed E-state index contributed by atoms with van der Waals surface area (Å²) in [4.78, 5) is 4.09. The Hall–Kier alpha value is -2.48. The molecule has 0 saturated heterocycles. The summed E-state index contributed by atoms with van der Waals surface area (Å²) in [5.74, 6) is -0.962. The van der Waals surface area contributed by atoms with Crippen LogP contribution in [0.5, 0.6) is 0 Å². The number of nitrogens with zero attached hydrogens (tertiary/aromatic N) is 2. The third kappa shape index (κ3) is 2.43. The van der Waals surface area contributed by atoms with Gasteiger partial charge in [-0.3, -0.25) is 0 Å². The lowest BCUT2D eigenvalue weighted by Crippen LogP contribution is -2.00. The van der Waals surface area contributed by atoms with Crippen LogP contribution in [0.2, 0.25) is 0 Å². The van der Waals surface area contributed by atoms with Crippen molar-refractivity contribution in [3.63, 3.8) is 0 Å². The van der Waals surface area contributed by atoms with Gasteiger partial charge in [0.25, 0.3) is 0 Å². The summed E-state index contributed by atoms with van der Waals surface area (Å²) < 4.78 is 26.5. The quantitative estimate of drug-likeness (QED) is 0.883. The number of nitrogens with one attached hydrogen (secondary N) is 1. The van der Waals surface area contributed by atoms with Gasteiger partial charge in [-0.05, 0) is 31.2 Å². The standard InChI is InChI=1S/C13H9F2N3/c1-8-2-3-9(7-16)13(17-8)18-12-6-10(14)4-5-11(12)15/h2-6H,1H3,(H,17,18). The van der Waals surface area contributed by atoms with E-state index in [-0.39, 0.29) is 17.1 Å². The molecule has 0 radical (unpaired) electrons. The maximum Gasteiger partial charge on any atom is 0.148 e. The number of aromatic nitrogens is 1. The molecule has 0 aliphatic heterocycles. The molecule has 0 fully saturated rings. The van der Waals surface area contributed by atoms with E-state index < -0.39 is 11.6 Å². The highest BCUT2D eigenvalue weighted by Crippen LogP contribution is 2.22. The number of hydrogen-bond donors (Lipinski definition) is 1. The molecular formula is C13H9F2N3. The molecule has 0 aliphatic rings. The summed E-state index contributed by atoms with van der Waals surface area (Å²) in [6, 6.07) is 8.23. The van der Waals surface area contributed by atoms with Crippen molar-refractivity contribution >= 4 is 11.5 Å². The lowest BCUT2D eigenvalue weighted by molar-refractivity contribution is 0.603. The summed E-state index contributed by atoms with van der Waals surface area (Å²) in [6.45, 7) is 1.74. The van der Waals surface area contributed by atoms with Crippen LogP contribution in [0.1, 0.15) is 11.3 Å². The molecule has 0 spiro atoms. The van der Waals surface area contributed by atoms with E-state index in [1.165, 1.54) is 0 Å². The van der Waals surface area contributed by atoms with E-state index in [2.05, 4.69) is 10.3 Å². The molecular weight excluding hydrogens is 236 g/mol. The van der Waals surface area contributed by atoms with Crippen molar-refractivity contribution in [2.75, 3.05) is 5.32 Å². The van der Waals surface area contributed by atoms with E-state index in [9.17, 15) is 8.78 Å².